The molecular weight excluding hydrogens is 420 g/mol. The molecule has 0 aliphatic heterocycles. The summed E-state index contributed by atoms with van der Waals surface area (Å²) in [5.74, 6) is 0. The third-order valence-electron chi connectivity index (χ3n) is 6.34. The van der Waals surface area contributed by atoms with Crippen LogP contribution in [0.25, 0.3) is 50.9 Å². The number of hydrogen-bond donors (Lipinski definition) is 0. The molecule has 0 saturated heterocycles. The second kappa shape index (κ2) is 11.0. The predicted molar refractivity (Wildman–Crippen MR) is 158 cm³/mol. The molecule has 0 heteroatoms. The Morgan fingerprint density at radius 3 is 1.83 bits per heavy atom. The molecule has 5 aromatic carbocycles. The molecule has 0 heterocycles. The van der Waals surface area contributed by atoms with Crippen LogP contribution in [0.15, 0.2) is 97.1 Å². The second-order valence-corrected chi connectivity index (χ2v) is 8.80. The van der Waals surface area contributed by atoms with Crippen molar-refractivity contribution in [3.05, 3.63) is 125 Å². The van der Waals surface area contributed by atoms with Crippen molar-refractivity contribution in [2.75, 3.05) is 0 Å². The maximum Gasteiger partial charge on any atom is -0.0158 e. The van der Waals surface area contributed by atoms with Crippen LogP contribution in [0.3, 0.4) is 0 Å². The summed E-state index contributed by atoms with van der Waals surface area (Å²) >= 11 is 0. The van der Waals surface area contributed by atoms with Gasteiger partial charge in [0.05, 0.1) is 0 Å². The summed E-state index contributed by atoms with van der Waals surface area (Å²) in [6.07, 6.45) is 8.71. The molecule has 0 spiro atoms. The summed E-state index contributed by atoms with van der Waals surface area (Å²) in [6.45, 7) is 10.4. The van der Waals surface area contributed by atoms with E-state index in [0.717, 1.165) is 0 Å². The third kappa shape index (κ3) is 5.44. The van der Waals surface area contributed by atoms with Gasteiger partial charge >= 0.3 is 0 Å². The smallest absolute Gasteiger partial charge is 0.0158 e. The molecule has 0 unspecified atom stereocenters. The average molecular weight is 455 g/mol. The van der Waals surface area contributed by atoms with Crippen molar-refractivity contribution >= 4 is 39.8 Å². The van der Waals surface area contributed by atoms with E-state index in [4.69, 9.17) is 0 Å². The summed E-state index contributed by atoms with van der Waals surface area (Å²) in [6, 6.07) is 33.3. The highest BCUT2D eigenvalue weighted by atomic mass is 14.1. The van der Waals surface area contributed by atoms with Crippen LogP contribution in [0.5, 0.6) is 0 Å². The number of aryl methyl sites for hydroxylation is 2. The van der Waals surface area contributed by atoms with Gasteiger partial charge in [0, 0.05) is 0 Å². The molecule has 0 aliphatic carbocycles. The summed E-state index contributed by atoms with van der Waals surface area (Å²) in [5, 5.41) is 5.10. The van der Waals surface area contributed by atoms with E-state index in [1.54, 1.807) is 0 Å². The van der Waals surface area contributed by atoms with Gasteiger partial charge in [-0.3, -0.25) is 0 Å². The van der Waals surface area contributed by atoms with Gasteiger partial charge in [-0.2, -0.15) is 0 Å². The highest BCUT2D eigenvalue weighted by Gasteiger charge is 2.04. The Kier molecular flexibility index (Phi) is 7.63. The molecule has 5 aromatic rings. The first kappa shape index (κ1) is 24.2. The normalized spacial score (nSPS) is 11.3. The van der Waals surface area contributed by atoms with Crippen LogP contribution >= 0.6 is 0 Å². The molecule has 0 amide bonds. The monoisotopic (exact) mass is 454 g/mol. The molecule has 174 valence electrons. The Balaban J connectivity index is 0.00000141. The molecule has 0 radical (unpaired) electrons. The second-order valence-electron chi connectivity index (χ2n) is 8.80. The lowest BCUT2D eigenvalue weighted by Gasteiger charge is -2.08. The molecule has 0 fully saturated rings. The van der Waals surface area contributed by atoms with E-state index in [-0.39, 0.29) is 0 Å². The fourth-order valence-electron chi connectivity index (χ4n) is 4.52. The minimum atomic E-state index is 1.21. The minimum absolute atomic E-state index is 1.21. The summed E-state index contributed by atoms with van der Waals surface area (Å²) in [7, 11) is 0. The zero-order chi connectivity index (χ0) is 24.8. The van der Waals surface area contributed by atoms with E-state index in [1.807, 2.05) is 13.8 Å². The summed E-state index contributed by atoms with van der Waals surface area (Å²) < 4.78 is 0. The fourth-order valence-corrected chi connectivity index (χ4v) is 4.52. The lowest BCUT2D eigenvalue weighted by Crippen LogP contribution is -1.85. The largest absolute Gasteiger partial charge is 0.0870 e. The van der Waals surface area contributed by atoms with Crippen LogP contribution in [-0.4, -0.2) is 0 Å². The first-order valence-electron chi connectivity index (χ1n) is 12.6. The lowest BCUT2D eigenvalue weighted by molar-refractivity contribution is 1.43. The number of allylic oxidation sites excluding steroid dienone is 1. The van der Waals surface area contributed by atoms with Gasteiger partial charge in [0.25, 0.3) is 0 Å². The van der Waals surface area contributed by atoms with E-state index in [9.17, 15) is 0 Å². The van der Waals surface area contributed by atoms with Gasteiger partial charge in [-0.15, -0.1) is 0 Å². The first-order valence-corrected chi connectivity index (χ1v) is 12.6. The van der Waals surface area contributed by atoms with Crippen LogP contribution in [-0.2, 0) is 0 Å². The Labute approximate surface area is 210 Å². The SMILES string of the molecule is C/C=C\c1c(C)cccc1/C=C/c1ccc2cc(-c3ccc4cc(C)ccc4c3)ccc2c1.CC. The van der Waals surface area contributed by atoms with Crippen molar-refractivity contribution in [3.8, 4) is 11.1 Å². The number of benzene rings is 5. The molecule has 0 saturated carbocycles. The van der Waals surface area contributed by atoms with Gasteiger partial charge in [0.1, 0.15) is 0 Å². The molecule has 0 bridgehead atoms. The molecule has 5 rings (SSSR count). The molecule has 0 aliphatic rings. The number of hydrogen-bond acceptors (Lipinski definition) is 0. The zero-order valence-corrected chi connectivity index (χ0v) is 21.5. The maximum absolute atomic E-state index is 2.29. The van der Waals surface area contributed by atoms with Crippen LogP contribution in [0.2, 0.25) is 0 Å². The highest BCUT2D eigenvalue weighted by Crippen LogP contribution is 2.29. The molecule has 0 nitrogen and oxygen atoms in total. The summed E-state index contributed by atoms with van der Waals surface area (Å²) in [5.41, 5.74) is 8.85. The Hall–Kier alpha value is -3.90. The van der Waals surface area contributed by atoms with Gasteiger partial charge < -0.3 is 0 Å². The fraction of sp³-hybridized carbons (Fsp3) is 0.143. The van der Waals surface area contributed by atoms with Crippen molar-refractivity contribution in [3.63, 3.8) is 0 Å². The van der Waals surface area contributed by atoms with E-state index in [1.165, 1.54) is 60.5 Å². The van der Waals surface area contributed by atoms with Gasteiger partial charge in [-0.1, -0.05) is 117 Å². The van der Waals surface area contributed by atoms with Gasteiger partial charge in [0.15, 0.2) is 0 Å². The zero-order valence-electron chi connectivity index (χ0n) is 21.5. The van der Waals surface area contributed by atoms with Gasteiger partial charge in [0.2, 0.25) is 0 Å². The van der Waals surface area contributed by atoms with Crippen LogP contribution in [0, 0.1) is 13.8 Å². The molecule has 0 aromatic heterocycles. The van der Waals surface area contributed by atoms with E-state index < -0.39 is 0 Å². The highest BCUT2D eigenvalue weighted by molar-refractivity contribution is 5.92. The van der Waals surface area contributed by atoms with Gasteiger partial charge in [-0.05, 0) is 93.9 Å². The maximum atomic E-state index is 2.29. The van der Waals surface area contributed by atoms with Gasteiger partial charge in [-0.25, -0.2) is 0 Å². The molecular formula is C35H34. The molecule has 0 atom stereocenters. The van der Waals surface area contributed by atoms with Crippen molar-refractivity contribution in [1.82, 2.24) is 0 Å². The number of fused-ring (bicyclic) bond motifs is 2. The lowest BCUT2D eigenvalue weighted by atomic mass is 9.97. The third-order valence-corrected chi connectivity index (χ3v) is 6.34. The number of rotatable bonds is 4. The Morgan fingerprint density at radius 1 is 0.543 bits per heavy atom. The van der Waals surface area contributed by atoms with Crippen molar-refractivity contribution in [2.45, 2.75) is 34.6 Å². The first-order chi connectivity index (χ1) is 17.1. The molecule has 35 heavy (non-hydrogen) atoms. The van der Waals surface area contributed by atoms with Crippen molar-refractivity contribution in [2.24, 2.45) is 0 Å². The standard InChI is InChI=1S/C33H28.C2H6/c1-4-6-33-24(3)7-5-8-26(33)13-10-25-11-14-30-22-32(18-16-28(30)20-25)31-17-15-27-19-23(2)9-12-29(27)21-31;1-2/h4-22H,1-3H3;1-2H3/b6-4-,13-10+;. The van der Waals surface area contributed by atoms with Crippen LogP contribution in [0.4, 0.5) is 0 Å². The quantitative estimate of drug-likeness (QED) is 0.237. The summed E-state index contributed by atoms with van der Waals surface area (Å²) in [4.78, 5) is 0. The van der Waals surface area contributed by atoms with Crippen LogP contribution in [0.1, 0.15) is 48.6 Å². The predicted octanol–water partition coefficient (Wildman–Crippen LogP) is 10.5. The van der Waals surface area contributed by atoms with Crippen molar-refractivity contribution < 1.29 is 0 Å². The van der Waals surface area contributed by atoms with E-state index >= 15 is 0 Å². The van der Waals surface area contributed by atoms with Crippen LogP contribution < -0.4 is 0 Å². The van der Waals surface area contributed by atoms with E-state index in [2.05, 4.69) is 136 Å². The van der Waals surface area contributed by atoms with E-state index in [0.29, 0.717) is 0 Å². The Morgan fingerprint density at radius 2 is 1.14 bits per heavy atom. The van der Waals surface area contributed by atoms with Crippen molar-refractivity contribution in [1.29, 1.82) is 0 Å². The molecule has 0 N–H and O–H groups in total. The average Bonchev–Trinajstić information content (AvgIpc) is 2.89. The minimum Gasteiger partial charge on any atom is -0.0870 e. The Bertz CT molecular complexity index is 1530. The topological polar surface area (TPSA) is 0 Å².